The van der Waals surface area contributed by atoms with Crippen molar-refractivity contribution in [3.05, 3.63) is 29.3 Å². The van der Waals surface area contributed by atoms with Crippen LogP contribution in [0, 0.1) is 0 Å². The summed E-state index contributed by atoms with van der Waals surface area (Å²) in [6.07, 6.45) is -0.486. The molecule has 1 aliphatic carbocycles. The van der Waals surface area contributed by atoms with Crippen LogP contribution in [0.5, 0.6) is 5.75 Å². The van der Waals surface area contributed by atoms with Crippen molar-refractivity contribution in [2.45, 2.75) is 19.4 Å². The van der Waals surface area contributed by atoms with Crippen molar-refractivity contribution in [3.63, 3.8) is 0 Å². The third-order valence-electron chi connectivity index (χ3n) is 2.66. The van der Waals surface area contributed by atoms with Crippen LogP contribution in [0.4, 0.5) is 0 Å². The van der Waals surface area contributed by atoms with E-state index in [0.717, 1.165) is 6.42 Å². The maximum Gasteiger partial charge on any atom is 0.294 e. The van der Waals surface area contributed by atoms with Gasteiger partial charge in [-0.05, 0) is 24.6 Å². The van der Waals surface area contributed by atoms with E-state index in [1.807, 2.05) is 6.92 Å². The Bertz CT molecular complexity index is 506. The molecule has 18 heavy (non-hydrogen) atoms. The molecule has 94 valence electrons. The summed E-state index contributed by atoms with van der Waals surface area (Å²) in [5.74, 6) is -0.448. The van der Waals surface area contributed by atoms with Crippen LogP contribution in [0.15, 0.2) is 18.2 Å². The third-order valence-corrected chi connectivity index (χ3v) is 2.66. The van der Waals surface area contributed by atoms with Gasteiger partial charge in [-0.3, -0.25) is 14.4 Å². The van der Waals surface area contributed by atoms with Gasteiger partial charge in [0.05, 0.1) is 6.61 Å². The second-order valence-electron chi connectivity index (χ2n) is 3.90. The first-order valence-electron chi connectivity index (χ1n) is 5.63. The van der Waals surface area contributed by atoms with Gasteiger partial charge in [0.25, 0.3) is 6.47 Å². The summed E-state index contributed by atoms with van der Waals surface area (Å²) >= 11 is 0. The van der Waals surface area contributed by atoms with Crippen LogP contribution in [-0.4, -0.2) is 30.7 Å². The Balaban J connectivity index is 2.30. The molecule has 2 rings (SSSR count). The van der Waals surface area contributed by atoms with E-state index in [4.69, 9.17) is 4.74 Å². The van der Waals surface area contributed by atoms with Crippen LogP contribution in [-0.2, 0) is 9.53 Å². The fraction of sp³-hybridized carbons (Fsp3) is 0.308. The molecular formula is C13H12O5. The highest BCUT2D eigenvalue weighted by molar-refractivity contribution is 6.29. The summed E-state index contributed by atoms with van der Waals surface area (Å²) in [6.45, 7) is 2.62. The number of rotatable bonds is 5. The van der Waals surface area contributed by atoms with Gasteiger partial charge in [0.2, 0.25) is 17.7 Å². The van der Waals surface area contributed by atoms with Crippen molar-refractivity contribution in [1.29, 1.82) is 0 Å². The van der Waals surface area contributed by atoms with Gasteiger partial charge in [0.15, 0.2) is 0 Å². The fourth-order valence-electron chi connectivity index (χ4n) is 1.83. The average molecular weight is 248 g/mol. The van der Waals surface area contributed by atoms with E-state index in [1.165, 1.54) is 12.1 Å². The molecule has 0 saturated carbocycles. The lowest BCUT2D eigenvalue weighted by Crippen LogP contribution is -2.25. The Hall–Kier alpha value is -2.17. The maximum atomic E-state index is 11.9. The molecule has 0 spiro atoms. The lowest BCUT2D eigenvalue weighted by atomic mass is 10.1. The first-order chi connectivity index (χ1) is 8.69. The summed E-state index contributed by atoms with van der Waals surface area (Å²) in [5.41, 5.74) is 0.524. The second kappa shape index (κ2) is 5.00. The summed E-state index contributed by atoms with van der Waals surface area (Å²) < 4.78 is 9.90. The highest BCUT2D eigenvalue weighted by atomic mass is 16.5. The lowest BCUT2D eigenvalue weighted by Gasteiger charge is -2.05. The molecule has 0 N–H and O–H groups in total. The molecule has 1 aromatic rings. The Labute approximate surface area is 104 Å². The fourth-order valence-corrected chi connectivity index (χ4v) is 1.83. The predicted molar refractivity (Wildman–Crippen MR) is 61.8 cm³/mol. The standard InChI is InChI=1S/C13H12O5/c1-2-5-17-8-3-4-9-10(6-8)12(16)13(11(9)15)18-7-14/h3-4,6-7,13H,2,5H2,1H3. The summed E-state index contributed by atoms with van der Waals surface area (Å²) in [6, 6.07) is 4.66. The number of fused-ring (bicyclic) bond motifs is 1. The molecule has 5 nitrogen and oxygen atoms in total. The monoisotopic (exact) mass is 248 g/mol. The van der Waals surface area contributed by atoms with E-state index in [0.29, 0.717) is 12.4 Å². The minimum atomic E-state index is -1.33. The number of Topliss-reactive ketones (excluding diaryl/α,β-unsaturated/α-hetero) is 2. The zero-order valence-corrected chi connectivity index (χ0v) is 9.84. The molecule has 0 aliphatic heterocycles. The van der Waals surface area contributed by atoms with Gasteiger partial charge in [0, 0.05) is 11.1 Å². The van der Waals surface area contributed by atoms with Crippen LogP contribution >= 0.6 is 0 Å². The Morgan fingerprint density at radius 2 is 1.94 bits per heavy atom. The quantitative estimate of drug-likeness (QED) is 0.581. The van der Waals surface area contributed by atoms with E-state index in [-0.39, 0.29) is 17.6 Å². The minimum absolute atomic E-state index is 0.112. The predicted octanol–water partition coefficient (Wildman–Crippen LogP) is 1.40. The van der Waals surface area contributed by atoms with Crippen LogP contribution in [0.2, 0.25) is 0 Å². The molecule has 0 saturated heterocycles. The molecule has 0 fully saturated rings. The van der Waals surface area contributed by atoms with Crippen LogP contribution in [0.1, 0.15) is 34.1 Å². The normalized spacial score (nSPS) is 17.5. The van der Waals surface area contributed by atoms with Crippen LogP contribution in [0.3, 0.4) is 0 Å². The minimum Gasteiger partial charge on any atom is -0.494 e. The van der Waals surface area contributed by atoms with Gasteiger partial charge in [-0.1, -0.05) is 6.92 Å². The number of hydrogen-bond donors (Lipinski definition) is 0. The molecule has 1 unspecified atom stereocenters. The number of carbonyl (C=O) groups excluding carboxylic acids is 3. The molecule has 0 bridgehead atoms. The molecular weight excluding hydrogens is 236 g/mol. The van der Waals surface area contributed by atoms with E-state index < -0.39 is 17.7 Å². The molecule has 1 aromatic carbocycles. The van der Waals surface area contributed by atoms with Gasteiger partial charge >= 0.3 is 0 Å². The van der Waals surface area contributed by atoms with Crippen molar-refractivity contribution >= 4 is 18.0 Å². The maximum absolute atomic E-state index is 11.9. The van der Waals surface area contributed by atoms with E-state index in [1.54, 1.807) is 6.07 Å². The third kappa shape index (κ3) is 1.99. The largest absolute Gasteiger partial charge is 0.494 e. The average Bonchev–Trinajstić information content (AvgIpc) is 2.62. The molecule has 1 aliphatic rings. The van der Waals surface area contributed by atoms with E-state index in [9.17, 15) is 14.4 Å². The van der Waals surface area contributed by atoms with Crippen molar-refractivity contribution < 1.29 is 23.9 Å². The Morgan fingerprint density at radius 3 is 2.61 bits per heavy atom. The van der Waals surface area contributed by atoms with Crippen molar-refractivity contribution in [1.82, 2.24) is 0 Å². The van der Waals surface area contributed by atoms with Gasteiger partial charge in [-0.15, -0.1) is 0 Å². The lowest BCUT2D eigenvalue weighted by molar-refractivity contribution is -0.130. The topological polar surface area (TPSA) is 69.7 Å². The first kappa shape index (κ1) is 12.3. The van der Waals surface area contributed by atoms with Crippen molar-refractivity contribution in [2.24, 2.45) is 0 Å². The summed E-state index contributed by atoms with van der Waals surface area (Å²) in [4.78, 5) is 33.9. The van der Waals surface area contributed by atoms with Gasteiger partial charge in [0.1, 0.15) is 5.75 Å². The molecule has 0 aromatic heterocycles. The van der Waals surface area contributed by atoms with Gasteiger partial charge in [-0.25, -0.2) is 0 Å². The zero-order valence-electron chi connectivity index (χ0n) is 9.84. The van der Waals surface area contributed by atoms with E-state index in [2.05, 4.69) is 4.74 Å². The molecule has 0 amide bonds. The van der Waals surface area contributed by atoms with E-state index >= 15 is 0 Å². The highest BCUT2D eigenvalue weighted by Gasteiger charge is 2.40. The zero-order chi connectivity index (χ0) is 13.1. The molecule has 0 radical (unpaired) electrons. The first-order valence-corrected chi connectivity index (χ1v) is 5.63. The number of hydrogen-bond acceptors (Lipinski definition) is 5. The SMILES string of the molecule is CCCOc1ccc2c(c1)C(=O)C(OC=O)C2=O. The Morgan fingerprint density at radius 1 is 1.22 bits per heavy atom. The number of carbonyl (C=O) groups is 3. The number of ether oxygens (including phenoxy) is 2. The molecule has 1 atom stereocenters. The van der Waals surface area contributed by atoms with Gasteiger partial charge < -0.3 is 9.47 Å². The number of benzene rings is 1. The molecule has 0 heterocycles. The van der Waals surface area contributed by atoms with Crippen LogP contribution in [0.25, 0.3) is 0 Å². The van der Waals surface area contributed by atoms with Crippen molar-refractivity contribution in [2.75, 3.05) is 6.61 Å². The highest BCUT2D eigenvalue weighted by Crippen LogP contribution is 2.27. The summed E-state index contributed by atoms with van der Waals surface area (Å²) in [5, 5.41) is 0. The van der Waals surface area contributed by atoms with Gasteiger partial charge in [-0.2, -0.15) is 0 Å². The summed E-state index contributed by atoms with van der Waals surface area (Å²) in [7, 11) is 0. The number of ketones is 2. The second-order valence-corrected chi connectivity index (χ2v) is 3.90. The molecule has 5 heteroatoms. The van der Waals surface area contributed by atoms with Crippen LogP contribution < -0.4 is 4.74 Å². The van der Waals surface area contributed by atoms with Crippen molar-refractivity contribution in [3.8, 4) is 5.75 Å². The Kier molecular flexibility index (Phi) is 3.41. The smallest absolute Gasteiger partial charge is 0.294 e.